The number of amides is 2. The van der Waals surface area contributed by atoms with Crippen molar-refractivity contribution in [2.24, 2.45) is 5.41 Å². The summed E-state index contributed by atoms with van der Waals surface area (Å²) >= 11 is 0. The molecule has 0 aromatic rings. The minimum atomic E-state index is -1.13. The van der Waals surface area contributed by atoms with Crippen LogP contribution in [0.2, 0.25) is 0 Å². The van der Waals surface area contributed by atoms with Gasteiger partial charge in [0.25, 0.3) is 0 Å². The van der Waals surface area contributed by atoms with Crippen LogP contribution in [-0.4, -0.2) is 33.8 Å². The molecule has 0 radical (unpaired) electrons. The van der Waals surface area contributed by atoms with Gasteiger partial charge in [0.2, 0.25) is 11.8 Å². The molecule has 0 saturated carbocycles. The standard InChI is InChI=1S/C11H17NO4/c1-11(2,3)9(10(15)16)12-7(13)5-4-6-8(12)14/h9H,4-6H2,1-3H3,(H,15,16). The molecule has 5 nitrogen and oxygen atoms in total. The molecule has 90 valence electrons. The van der Waals surface area contributed by atoms with E-state index in [1.807, 2.05) is 0 Å². The molecule has 1 atom stereocenters. The number of nitrogens with zero attached hydrogens (tertiary/aromatic N) is 1. The Morgan fingerprint density at radius 3 is 2.00 bits per heavy atom. The Morgan fingerprint density at radius 1 is 1.25 bits per heavy atom. The van der Waals surface area contributed by atoms with Gasteiger partial charge in [-0.15, -0.1) is 0 Å². The molecule has 0 aromatic carbocycles. The third-order valence-electron chi connectivity index (χ3n) is 2.63. The number of hydrogen-bond donors (Lipinski definition) is 1. The minimum Gasteiger partial charge on any atom is -0.480 e. The van der Waals surface area contributed by atoms with Crippen molar-refractivity contribution < 1.29 is 19.5 Å². The number of carbonyl (C=O) groups is 3. The van der Waals surface area contributed by atoms with Crippen molar-refractivity contribution in [2.75, 3.05) is 0 Å². The van der Waals surface area contributed by atoms with E-state index >= 15 is 0 Å². The van der Waals surface area contributed by atoms with E-state index in [1.165, 1.54) is 0 Å². The first-order chi connectivity index (χ1) is 7.25. The summed E-state index contributed by atoms with van der Waals surface area (Å²) in [6.45, 7) is 5.13. The van der Waals surface area contributed by atoms with Crippen molar-refractivity contribution in [3.8, 4) is 0 Å². The van der Waals surface area contributed by atoms with Gasteiger partial charge in [-0.1, -0.05) is 20.8 Å². The molecule has 0 spiro atoms. The molecule has 1 heterocycles. The monoisotopic (exact) mass is 227 g/mol. The van der Waals surface area contributed by atoms with Crippen molar-refractivity contribution in [2.45, 2.75) is 46.1 Å². The lowest BCUT2D eigenvalue weighted by molar-refractivity contribution is -0.164. The van der Waals surface area contributed by atoms with Crippen molar-refractivity contribution in [1.29, 1.82) is 0 Å². The summed E-state index contributed by atoms with van der Waals surface area (Å²) in [6, 6.07) is -1.08. The maximum Gasteiger partial charge on any atom is 0.327 e. The normalized spacial score (nSPS) is 19.8. The van der Waals surface area contributed by atoms with Gasteiger partial charge in [0.15, 0.2) is 0 Å². The zero-order valence-electron chi connectivity index (χ0n) is 9.82. The number of carboxylic acid groups (broad SMARTS) is 1. The SMILES string of the molecule is CC(C)(C)C(C(=O)O)N1C(=O)CCCC1=O. The lowest BCUT2D eigenvalue weighted by atomic mass is 9.84. The van der Waals surface area contributed by atoms with Crippen LogP contribution in [0.5, 0.6) is 0 Å². The van der Waals surface area contributed by atoms with Crippen LogP contribution in [0, 0.1) is 5.41 Å². The van der Waals surface area contributed by atoms with Crippen LogP contribution in [-0.2, 0) is 14.4 Å². The van der Waals surface area contributed by atoms with Gasteiger partial charge in [0.1, 0.15) is 6.04 Å². The average molecular weight is 227 g/mol. The van der Waals surface area contributed by atoms with Crippen LogP contribution in [0.4, 0.5) is 0 Å². The highest BCUT2D eigenvalue weighted by Gasteiger charge is 2.43. The van der Waals surface area contributed by atoms with E-state index in [0.29, 0.717) is 6.42 Å². The second kappa shape index (κ2) is 4.23. The fraction of sp³-hybridized carbons (Fsp3) is 0.727. The number of aliphatic carboxylic acids is 1. The molecule has 5 heteroatoms. The predicted molar refractivity (Wildman–Crippen MR) is 56.6 cm³/mol. The molecule has 1 aliphatic rings. The van der Waals surface area contributed by atoms with Crippen LogP contribution in [0.15, 0.2) is 0 Å². The van der Waals surface area contributed by atoms with Gasteiger partial charge in [-0.05, 0) is 11.8 Å². The first-order valence-electron chi connectivity index (χ1n) is 5.33. The molecule has 1 fully saturated rings. The van der Waals surface area contributed by atoms with Crippen LogP contribution in [0.3, 0.4) is 0 Å². The first kappa shape index (κ1) is 12.7. The molecule has 1 aliphatic heterocycles. The van der Waals surface area contributed by atoms with Crippen molar-refractivity contribution in [1.82, 2.24) is 4.90 Å². The van der Waals surface area contributed by atoms with E-state index < -0.39 is 17.4 Å². The smallest absolute Gasteiger partial charge is 0.327 e. The second-order valence-corrected chi connectivity index (χ2v) is 5.12. The molecule has 1 rings (SSSR count). The fourth-order valence-electron chi connectivity index (χ4n) is 1.93. The third kappa shape index (κ3) is 2.40. The number of carbonyl (C=O) groups excluding carboxylic acids is 2. The molecule has 16 heavy (non-hydrogen) atoms. The van der Waals surface area contributed by atoms with Gasteiger partial charge in [-0.2, -0.15) is 0 Å². The third-order valence-corrected chi connectivity index (χ3v) is 2.63. The van der Waals surface area contributed by atoms with Gasteiger partial charge in [0.05, 0.1) is 0 Å². The number of hydrogen-bond acceptors (Lipinski definition) is 3. The lowest BCUT2D eigenvalue weighted by Gasteiger charge is -2.37. The number of likely N-dealkylation sites (tertiary alicyclic amines) is 1. The Balaban J connectivity index is 3.06. The zero-order valence-corrected chi connectivity index (χ0v) is 9.82. The summed E-state index contributed by atoms with van der Waals surface area (Å²) in [5, 5.41) is 9.15. The van der Waals surface area contributed by atoms with Gasteiger partial charge in [0, 0.05) is 12.8 Å². The summed E-state index contributed by atoms with van der Waals surface area (Å²) in [4.78, 5) is 35.4. The Kier molecular flexibility index (Phi) is 3.35. The molecular formula is C11H17NO4. The molecule has 1 saturated heterocycles. The molecule has 0 aromatic heterocycles. The first-order valence-corrected chi connectivity index (χ1v) is 5.33. The average Bonchev–Trinajstić information content (AvgIpc) is 2.08. The molecule has 0 bridgehead atoms. The quantitative estimate of drug-likeness (QED) is 0.715. The van der Waals surface area contributed by atoms with E-state index in [-0.39, 0.29) is 24.7 Å². The summed E-state index contributed by atoms with van der Waals surface area (Å²) in [5.41, 5.74) is -0.658. The summed E-state index contributed by atoms with van der Waals surface area (Å²) in [7, 11) is 0. The molecule has 2 amide bonds. The Morgan fingerprint density at radius 2 is 1.69 bits per heavy atom. The van der Waals surface area contributed by atoms with Gasteiger partial charge >= 0.3 is 5.97 Å². The zero-order chi connectivity index (χ0) is 12.5. The van der Waals surface area contributed by atoms with E-state index in [1.54, 1.807) is 20.8 Å². The highest BCUT2D eigenvalue weighted by Crippen LogP contribution is 2.28. The highest BCUT2D eigenvalue weighted by atomic mass is 16.4. The fourth-order valence-corrected chi connectivity index (χ4v) is 1.93. The largest absolute Gasteiger partial charge is 0.480 e. The lowest BCUT2D eigenvalue weighted by Crippen LogP contribution is -2.56. The van der Waals surface area contributed by atoms with Gasteiger partial charge < -0.3 is 5.11 Å². The Hall–Kier alpha value is -1.39. The molecule has 1 unspecified atom stereocenters. The summed E-state index contributed by atoms with van der Waals surface area (Å²) in [6.07, 6.45) is 1.03. The van der Waals surface area contributed by atoms with Crippen molar-refractivity contribution >= 4 is 17.8 Å². The molecule has 1 N–H and O–H groups in total. The van der Waals surface area contributed by atoms with Gasteiger partial charge in [-0.3, -0.25) is 14.5 Å². The molecule has 0 aliphatic carbocycles. The maximum atomic E-state index is 11.6. The van der Waals surface area contributed by atoms with Crippen molar-refractivity contribution in [3.63, 3.8) is 0 Å². The molecular weight excluding hydrogens is 210 g/mol. The maximum absolute atomic E-state index is 11.6. The summed E-state index contributed by atoms with van der Waals surface area (Å²) < 4.78 is 0. The van der Waals surface area contributed by atoms with Crippen LogP contribution in [0.1, 0.15) is 40.0 Å². The number of rotatable bonds is 2. The highest BCUT2D eigenvalue weighted by molar-refractivity contribution is 6.01. The predicted octanol–water partition coefficient (Wildman–Crippen LogP) is 1.02. The van der Waals surface area contributed by atoms with E-state index in [0.717, 1.165) is 4.90 Å². The minimum absolute atomic E-state index is 0.256. The van der Waals surface area contributed by atoms with E-state index in [2.05, 4.69) is 0 Å². The number of carboxylic acids is 1. The Labute approximate surface area is 94.4 Å². The van der Waals surface area contributed by atoms with E-state index in [4.69, 9.17) is 5.11 Å². The summed E-state index contributed by atoms with van der Waals surface area (Å²) in [5.74, 6) is -1.88. The Bertz CT molecular complexity index is 313. The van der Waals surface area contributed by atoms with Crippen LogP contribution < -0.4 is 0 Å². The number of piperidine rings is 1. The van der Waals surface area contributed by atoms with Crippen LogP contribution >= 0.6 is 0 Å². The van der Waals surface area contributed by atoms with Crippen LogP contribution in [0.25, 0.3) is 0 Å². The topological polar surface area (TPSA) is 74.7 Å². The van der Waals surface area contributed by atoms with E-state index in [9.17, 15) is 14.4 Å². The van der Waals surface area contributed by atoms with Gasteiger partial charge in [-0.25, -0.2) is 4.79 Å². The number of imide groups is 1. The second-order valence-electron chi connectivity index (χ2n) is 5.12. The van der Waals surface area contributed by atoms with Crippen molar-refractivity contribution in [3.05, 3.63) is 0 Å².